The van der Waals surface area contributed by atoms with Crippen LogP contribution >= 0.6 is 0 Å². The number of piperazine rings is 1. The number of nitrogens with zero attached hydrogens (tertiary/aromatic N) is 2. The zero-order valence-corrected chi connectivity index (χ0v) is 11.5. The molecule has 1 aliphatic heterocycles. The number of aliphatic hydroxyl groups is 1. The van der Waals surface area contributed by atoms with Crippen LogP contribution < -0.4 is 5.73 Å². The van der Waals surface area contributed by atoms with Gasteiger partial charge in [0.05, 0.1) is 11.5 Å². The lowest BCUT2D eigenvalue weighted by atomic mass is 10.3. The summed E-state index contributed by atoms with van der Waals surface area (Å²) in [5.74, 6) is 0. The number of benzene rings is 1. The van der Waals surface area contributed by atoms with Crippen molar-refractivity contribution in [1.29, 1.82) is 0 Å². The fourth-order valence-corrected chi connectivity index (χ4v) is 3.55. The molecule has 1 aromatic carbocycles. The molecule has 0 amide bonds. The van der Waals surface area contributed by atoms with E-state index in [-0.39, 0.29) is 11.5 Å². The van der Waals surface area contributed by atoms with Gasteiger partial charge in [-0.05, 0) is 24.3 Å². The van der Waals surface area contributed by atoms with E-state index >= 15 is 0 Å². The van der Waals surface area contributed by atoms with Crippen LogP contribution in [0.2, 0.25) is 0 Å². The van der Waals surface area contributed by atoms with Crippen LogP contribution in [-0.4, -0.2) is 62.1 Å². The molecular weight excluding hydrogens is 266 g/mol. The van der Waals surface area contributed by atoms with Gasteiger partial charge in [0.2, 0.25) is 10.0 Å². The number of hydrogen-bond donors (Lipinski definition) is 2. The topological polar surface area (TPSA) is 86.9 Å². The summed E-state index contributed by atoms with van der Waals surface area (Å²) >= 11 is 0. The number of β-amino-alcohol motifs (C(OH)–C–C–N with tert-alkyl or cyclic N) is 1. The molecule has 0 aliphatic carbocycles. The molecule has 0 saturated carbocycles. The highest BCUT2D eigenvalue weighted by Crippen LogP contribution is 2.18. The summed E-state index contributed by atoms with van der Waals surface area (Å²) < 4.78 is 26.2. The van der Waals surface area contributed by atoms with Crippen molar-refractivity contribution in [3.63, 3.8) is 0 Å². The van der Waals surface area contributed by atoms with Crippen LogP contribution in [0.5, 0.6) is 0 Å². The van der Waals surface area contributed by atoms with E-state index < -0.39 is 10.0 Å². The summed E-state index contributed by atoms with van der Waals surface area (Å²) in [5.41, 5.74) is 6.11. The zero-order chi connectivity index (χ0) is 13.9. The lowest BCUT2D eigenvalue weighted by Crippen LogP contribution is -2.49. The fraction of sp³-hybridized carbons (Fsp3) is 0.500. The Morgan fingerprint density at radius 2 is 1.68 bits per heavy atom. The van der Waals surface area contributed by atoms with E-state index in [1.54, 1.807) is 12.1 Å². The molecule has 0 atom stereocenters. The first-order valence-electron chi connectivity index (χ1n) is 6.23. The van der Waals surface area contributed by atoms with E-state index in [1.807, 2.05) is 0 Å². The van der Waals surface area contributed by atoms with Gasteiger partial charge in [-0.25, -0.2) is 8.42 Å². The van der Waals surface area contributed by atoms with Crippen molar-refractivity contribution in [2.45, 2.75) is 4.90 Å². The van der Waals surface area contributed by atoms with E-state index in [1.165, 1.54) is 16.4 Å². The highest BCUT2D eigenvalue weighted by molar-refractivity contribution is 7.89. The molecule has 3 N–H and O–H groups in total. The molecular formula is C12H19N3O3S. The Morgan fingerprint density at radius 3 is 2.21 bits per heavy atom. The highest BCUT2D eigenvalue weighted by Gasteiger charge is 2.27. The van der Waals surface area contributed by atoms with Gasteiger partial charge in [0.15, 0.2) is 0 Å². The Hall–Kier alpha value is -1.15. The molecule has 106 valence electrons. The Labute approximate surface area is 113 Å². The second kappa shape index (κ2) is 5.87. The van der Waals surface area contributed by atoms with Crippen molar-refractivity contribution in [3.8, 4) is 0 Å². The molecule has 0 spiro atoms. The molecule has 1 fully saturated rings. The maximum absolute atomic E-state index is 12.4. The standard InChI is InChI=1S/C12H19N3O3S/c13-11-1-3-12(4-2-11)19(17,18)15-7-5-14(6-8-15)9-10-16/h1-4,16H,5-10,13H2. The Morgan fingerprint density at radius 1 is 1.11 bits per heavy atom. The average Bonchev–Trinajstić information content (AvgIpc) is 2.40. The lowest BCUT2D eigenvalue weighted by molar-refractivity contribution is 0.151. The van der Waals surface area contributed by atoms with Gasteiger partial charge < -0.3 is 10.8 Å². The molecule has 6 nitrogen and oxygen atoms in total. The fourth-order valence-electron chi connectivity index (χ4n) is 2.12. The van der Waals surface area contributed by atoms with Crippen LogP contribution in [0.15, 0.2) is 29.2 Å². The van der Waals surface area contributed by atoms with Gasteiger partial charge in [0.25, 0.3) is 0 Å². The van der Waals surface area contributed by atoms with Crippen LogP contribution in [-0.2, 0) is 10.0 Å². The predicted molar refractivity (Wildman–Crippen MR) is 73.1 cm³/mol. The third-order valence-electron chi connectivity index (χ3n) is 3.27. The van der Waals surface area contributed by atoms with Crippen molar-refractivity contribution >= 4 is 15.7 Å². The smallest absolute Gasteiger partial charge is 0.243 e. The van der Waals surface area contributed by atoms with Crippen molar-refractivity contribution < 1.29 is 13.5 Å². The molecule has 0 unspecified atom stereocenters. The Bertz CT molecular complexity index is 508. The van der Waals surface area contributed by atoms with Gasteiger partial charge in [-0.15, -0.1) is 0 Å². The first-order chi connectivity index (χ1) is 9.04. The number of aliphatic hydroxyl groups excluding tert-OH is 1. The van der Waals surface area contributed by atoms with E-state index in [0.29, 0.717) is 38.4 Å². The van der Waals surface area contributed by atoms with Gasteiger partial charge in [-0.1, -0.05) is 0 Å². The molecule has 1 aliphatic rings. The molecule has 1 heterocycles. The summed E-state index contributed by atoms with van der Waals surface area (Å²) in [5, 5.41) is 8.86. The molecule has 0 bridgehead atoms. The summed E-state index contributed by atoms with van der Waals surface area (Å²) in [4.78, 5) is 2.33. The third kappa shape index (κ3) is 3.24. The minimum absolute atomic E-state index is 0.102. The van der Waals surface area contributed by atoms with Gasteiger partial charge in [0, 0.05) is 38.4 Å². The highest BCUT2D eigenvalue weighted by atomic mass is 32.2. The van der Waals surface area contributed by atoms with Crippen molar-refractivity contribution in [3.05, 3.63) is 24.3 Å². The average molecular weight is 285 g/mol. The molecule has 1 saturated heterocycles. The number of anilines is 1. The van der Waals surface area contributed by atoms with E-state index in [4.69, 9.17) is 10.8 Å². The maximum Gasteiger partial charge on any atom is 0.243 e. The summed E-state index contributed by atoms with van der Waals surface area (Å²) in [6, 6.07) is 6.25. The monoisotopic (exact) mass is 285 g/mol. The Kier molecular flexibility index (Phi) is 4.41. The van der Waals surface area contributed by atoms with Gasteiger partial charge in [-0.3, -0.25) is 4.90 Å². The molecule has 0 radical (unpaired) electrons. The number of sulfonamides is 1. The number of hydrogen-bond acceptors (Lipinski definition) is 5. The molecule has 0 aromatic heterocycles. The van der Waals surface area contributed by atoms with Crippen LogP contribution in [0.25, 0.3) is 0 Å². The first-order valence-corrected chi connectivity index (χ1v) is 7.67. The molecule has 19 heavy (non-hydrogen) atoms. The number of nitrogens with two attached hydrogens (primary N) is 1. The SMILES string of the molecule is Nc1ccc(S(=O)(=O)N2CCN(CCO)CC2)cc1. The van der Waals surface area contributed by atoms with E-state index in [0.717, 1.165) is 0 Å². The minimum atomic E-state index is -3.43. The molecule has 7 heteroatoms. The van der Waals surface area contributed by atoms with E-state index in [2.05, 4.69) is 4.90 Å². The summed E-state index contributed by atoms with van der Waals surface area (Å²) in [7, 11) is -3.43. The lowest BCUT2D eigenvalue weighted by Gasteiger charge is -2.33. The predicted octanol–water partition coefficient (Wildman–Crippen LogP) is -0.433. The van der Waals surface area contributed by atoms with Gasteiger partial charge >= 0.3 is 0 Å². The second-order valence-electron chi connectivity index (χ2n) is 4.54. The summed E-state index contributed by atoms with van der Waals surface area (Å²) in [6.07, 6.45) is 0. The van der Waals surface area contributed by atoms with Gasteiger partial charge in [0.1, 0.15) is 0 Å². The van der Waals surface area contributed by atoms with Crippen LogP contribution in [0.1, 0.15) is 0 Å². The number of rotatable bonds is 4. The van der Waals surface area contributed by atoms with Gasteiger partial charge in [-0.2, -0.15) is 4.31 Å². The molecule has 1 aromatic rings. The second-order valence-corrected chi connectivity index (χ2v) is 6.48. The maximum atomic E-state index is 12.4. The molecule has 2 rings (SSSR count). The normalized spacial score (nSPS) is 18.6. The van der Waals surface area contributed by atoms with E-state index in [9.17, 15) is 8.42 Å². The van der Waals surface area contributed by atoms with Crippen molar-refractivity contribution in [2.75, 3.05) is 45.1 Å². The minimum Gasteiger partial charge on any atom is -0.399 e. The zero-order valence-electron chi connectivity index (χ0n) is 10.7. The van der Waals surface area contributed by atoms with Crippen LogP contribution in [0.3, 0.4) is 0 Å². The summed E-state index contributed by atoms with van der Waals surface area (Å²) in [6.45, 7) is 2.89. The van der Waals surface area contributed by atoms with Crippen LogP contribution in [0.4, 0.5) is 5.69 Å². The van der Waals surface area contributed by atoms with Crippen molar-refractivity contribution in [1.82, 2.24) is 9.21 Å². The van der Waals surface area contributed by atoms with Crippen LogP contribution in [0, 0.1) is 0 Å². The largest absolute Gasteiger partial charge is 0.399 e. The Balaban J connectivity index is 2.07. The third-order valence-corrected chi connectivity index (χ3v) is 5.18. The quantitative estimate of drug-likeness (QED) is 0.733. The number of nitrogen functional groups attached to an aromatic ring is 1. The first kappa shape index (κ1) is 14.3. The van der Waals surface area contributed by atoms with Crippen molar-refractivity contribution in [2.24, 2.45) is 0 Å².